The van der Waals surface area contributed by atoms with E-state index in [-0.39, 0.29) is 5.56 Å². The van der Waals surface area contributed by atoms with Crippen LogP contribution in [0, 0.1) is 6.92 Å². The summed E-state index contributed by atoms with van der Waals surface area (Å²) in [4.78, 5) is 13.5. The van der Waals surface area contributed by atoms with Gasteiger partial charge in [0.15, 0.2) is 0 Å². The largest absolute Gasteiger partial charge is 0.491 e. The molecule has 1 aliphatic heterocycles. The van der Waals surface area contributed by atoms with Crippen molar-refractivity contribution in [3.05, 3.63) is 29.3 Å². The molecule has 4 nitrogen and oxygen atoms in total. The summed E-state index contributed by atoms with van der Waals surface area (Å²) >= 11 is 0. The van der Waals surface area contributed by atoms with E-state index in [2.05, 4.69) is 4.90 Å². The number of hydrogen-bond acceptors (Lipinski definition) is 3. The molecule has 0 saturated carbocycles. The molecule has 0 atom stereocenters. The van der Waals surface area contributed by atoms with Crippen molar-refractivity contribution in [3.8, 4) is 5.75 Å². The van der Waals surface area contributed by atoms with Crippen molar-refractivity contribution in [2.24, 2.45) is 0 Å². The molecule has 0 radical (unpaired) electrons. The molecule has 1 aromatic rings. The fraction of sp³-hybridized carbons (Fsp3) is 0.533. The number of aromatic carboxylic acids is 1. The number of benzene rings is 1. The second kappa shape index (κ2) is 6.57. The molecule has 0 unspecified atom stereocenters. The van der Waals surface area contributed by atoms with Crippen LogP contribution in [0.2, 0.25) is 0 Å². The van der Waals surface area contributed by atoms with Gasteiger partial charge >= 0.3 is 5.97 Å². The molecule has 0 aliphatic carbocycles. The Bertz CT molecular complexity index is 439. The van der Waals surface area contributed by atoms with Crippen molar-refractivity contribution < 1.29 is 14.6 Å². The molecule has 2 rings (SSSR count). The van der Waals surface area contributed by atoms with Gasteiger partial charge in [-0.3, -0.25) is 4.90 Å². The van der Waals surface area contributed by atoms with Crippen LogP contribution in [0.1, 0.15) is 35.2 Å². The molecule has 0 aromatic heterocycles. The van der Waals surface area contributed by atoms with Gasteiger partial charge < -0.3 is 9.84 Å². The van der Waals surface area contributed by atoms with E-state index in [0.29, 0.717) is 12.4 Å². The first kappa shape index (κ1) is 13.9. The third-order valence-corrected chi connectivity index (χ3v) is 3.48. The summed E-state index contributed by atoms with van der Waals surface area (Å²) in [6.07, 6.45) is 3.83. The molecule has 1 heterocycles. The highest BCUT2D eigenvalue weighted by Crippen LogP contribution is 2.20. The van der Waals surface area contributed by atoms with Gasteiger partial charge in [-0.25, -0.2) is 4.79 Å². The molecule has 19 heavy (non-hydrogen) atoms. The van der Waals surface area contributed by atoms with Crippen LogP contribution in [-0.4, -0.2) is 42.2 Å². The summed E-state index contributed by atoms with van der Waals surface area (Å²) < 4.78 is 5.63. The zero-order valence-corrected chi connectivity index (χ0v) is 11.4. The molecule has 4 heteroatoms. The van der Waals surface area contributed by atoms with Gasteiger partial charge in [-0.15, -0.1) is 0 Å². The van der Waals surface area contributed by atoms with Gasteiger partial charge in [-0.1, -0.05) is 18.1 Å². The van der Waals surface area contributed by atoms with E-state index in [1.54, 1.807) is 12.1 Å². The number of rotatable bonds is 5. The Labute approximate surface area is 114 Å². The van der Waals surface area contributed by atoms with Crippen LogP contribution in [0.5, 0.6) is 5.75 Å². The van der Waals surface area contributed by atoms with Gasteiger partial charge in [0.05, 0.1) is 0 Å². The molecule has 1 aliphatic rings. The van der Waals surface area contributed by atoms with Gasteiger partial charge in [0.25, 0.3) is 0 Å². The molecule has 104 valence electrons. The van der Waals surface area contributed by atoms with Crippen molar-refractivity contribution in [3.63, 3.8) is 0 Å². The van der Waals surface area contributed by atoms with Crippen molar-refractivity contribution in [2.45, 2.75) is 26.2 Å². The molecule has 1 aromatic carbocycles. The molecule has 0 spiro atoms. The van der Waals surface area contributed by atoms with E-state index >= 15 is 0 Å². The zero-order chi connectivity index (χ0) is 13.7. The van der Waals surface area contributed by atoms with Crippen molar-refractivity contribution in [2.75, 3.05) is 26.2 Å². The third kappa shape index (κ3) is 3.96. The van der Waals surface area contributed by atoms with Crippen molar-refractivity contribution in [1.29, 1.82) is 0 Å². The predicted molar refractivity (Wildman–Crippen MR) is 73.9 cm³/mol. The summed E-state index contributed by atoms with van der Waals surface area (Å²) in [7, 11) is 0. The van der Waals surface area contributed by atoms with Gasteiger partial charge in [0, 0.05) is 6.54 Å². The van der Waals surface area contributed by atoms with Crippen molar-refractivity contribution >= 4 is 5.97 Å². The minimum atomic E-state index is -0.934. The number of carboxylic acids is 1. The number of aryl methyl sites for hydroxylation is 1. The minimum Gasteiger partial charge on any atom is -0.491 e. The Morgan fingerprint density at radius 2 is 2.05 bits per heavy atom. The van der Waals surface area contributed by atoms with Gasteiger partial charge in [-0.2, -0.15) is 0 Å². The average Bonchev–Trinajstić information content (AvgIpc) is 2.41. The fourth-order valence-corrected chi connectivity index (χ4v) is 2.40. The maximum Gasteiger partial charge on any atom is 0.339 e. The molecule has 0 bridgehead atoms. The highest BCUT2D eigenvalue weighted by Gasteiger charge is 2.13. The number of likely N-dealkylation sites (tertiary alicyclic amines) is 1. The van der Waals surface area contributed by atoms with Crippen LogP contribution in [0.3, 0.4) is 0 Å². The average molecular weight is 263 g/mol. The molecular formula is C15H21NO3. The van der Waals surface area contributed by atoms with Gasteiger partial charge in [0.1, 0.15) is 17.9 Å². The van der Waals surface area contributed by atoms with E-state index in [1.807, 2.05) is 13.0 Å². The maximum absolute atomic E-state index is 11.1. The molecule has 1 fully saturated rings. The topological polar surface area (TPSA) is 49.8 Å². The van der Waals surface area contributed by atoms with E-state index in [1.165, 1.54) is 19.3 Å². The summed E-state index contributed by atoms with van der Waals surface area (Å²) in [5, 5.41) is 9.15. The maximum atomic E-state index is 11.1. The lowest BCUT2D eigenvalue weighted by molar-refractivity contribution is 0.0691. The summed E-state index contributed by atoms with van der Waals surface area (Å²) in [5.41, 5.74) is 1.18. The van der Waals surface area contributed by atoms with Crippen LogP contribution >= 0.6 is 0 Å². The van der Waals surface area contributed by atoms with Gasteiger partial charge in [0.2, 0.25) is 0 Å². The lowest BCUT2D eigenvalue weighted by Crippen LogP contribution is -2.33. The SMILES string of the molecule is Cc1ccc(OCCN2CCCCC2)c(C(=O)O)c1. The summed E-state index contributed by atoms with van der Waals surface area (Å²) in [6.45, 7) is 5.55. The van der Waals surface area contributed by atoms with E-state index in [9.17, 15) is 4.79 Å². The minimum absolute atomic E-state index is 0.249. The second-order valence-corrected chi connectivity index (χ2v) is 5.06. The number of hydrogen-bond donors (Lipinski definition) is 1. The smallest absolute Gasteiger partial charge is 0.339 e. The standard InChI is InChI=1S/C15H21NO3/c1-12-5-6-14(13(11-12)15(17)18)19-10-9-16-7-3-2-4-8-16/h5-6,11H,2-4,7-10H2,1H3,(H,17,18). The fourth-order valence-electron chi connectivity index (χ4n) is 2.40. The molecule has 1 N–H and O–H groups in total. The monoisotopic (exact) mass is 263 g/mol. The number of carbonyl (C=O) groups is 1. The second-order valence-electron chi connectivity index (χ2n) is 5.06. The Morgan fingerprint density at radius 3 is 2.74 bits per heavy atom. The first-order valence-electron chi connectivity index (χ1n) is 6.86. The van der Waals surface area contributed by atoms with Gasteiger partial charge in [-0.05, 0) is 45.0 Å². The lowest BCUT2D eigenvalue weighted by atomic mass is 10.1. The zero-order valence-electron chi connectivity index (χ0n) is 11.4. The molecule has 0 amide bonds. The van der Waals surface area contributed by atoms with E-state index in [4.69, 9.17) is 9.84 Å². The Hall–Kier alpha value is -1.55. The number of nitrogens with zero attached hydrogens (tertiary/aromatic N) is 1. The first-order valence-corrected chi connectivity index (χ1v) is 6.86. The van der Waals surface area contributed by atoms with Crippen LogP contribution in [0.4, 0.5) is 0 Å². The number of ether oxygens (including phenoxy) is 1. The normalized spacial score (nSPS) is 16.3. The number of piperidine rings is 1. The van der Waals surface area contributed by atoms with Crippen LogP contribution < -0.4 is 4.74 Å². The number of carboxylic acid groups (broad SMARTS) is 1. The van der Waals surface area contributed by atoms with Crippen molar-refractivity contribution in [1.82, 2.24) is 4.90 Å². The summed E-state index contributed by atoms with van der Waals surface area (Å²) in [6, 6.07) is 5.27. The molecule has 1 saturated heterocycles. The van der Waals surface area contributed by atoms with E-state index in [0.717, 1.165) is 25.2 Å². The predicted octanol–water partition coefficient (Wildman–Crippen LogP) is 2.56. The highest BCUT2D eigenvalue weighted by atomic mass is 16.5. The molecular weight excluding hydrogens is 242 g/mol. The van der Waals surface area contributed by atoms with Crippen LogP contribution in [-0.2, 0) is 0 Å². The first-order chi connectivity index (χ1) is 9.16. The third-order valence-electron chi connectivity index (χ3n) is 3.48. The van der Waals surface area contributed by atoms with Crippen LogP contribution in [0.15, 0.2) is 18.2 Å². The Balaban J connectivity index is 1.89. The highest BCUT2D eigenvalue weighted by molar-refractivity contribution is 5.91. The Morgan fingerprint density at radius 1 is 1.32 bits per heavy atom. The van der Waals surface area contributed by atoms with Crippen LogP contribution in [0.25, 0.3) is 0 Å². The summed E-state index contributed by atoms with van der Waals surface area (Å²) in [5.74, 6) is -0.466. The quantitative estimate of drug-likeness (QED) is 0.887. The van der Waals surface area contributed by atoms with E-state index < -0.39 is 5.97 Å². The lowest BCUT2D eigenvalue weighted by Gasteiger charge is -2.26. The Kier molecular flexibility index (Phi) is 4.80.